The molecule has 1 aromatic heterocycles. The Morgan fingerprint density at radius 3 is 2.94 bits per heavy atom. The third kappa shape index (κ3) is 4.81. The van der Waals surface area contributed by atoms with Crippen molar-refractivity contribution in [1.82, 2.24) is 5.32 Å². The monoisotopic (exact) mass is 225 g/mol. The molecule has 1 aromatic rings. The molecular formula is C13H23NO2. The van der Waals surface area contributed by atoms with E-state index in [4.69, 9.17) is 9.15 Å². The van der Waals surface area contributed by atoms with Crippen LogP contribution in [-0.4, -0.2) is 13.2 Å². The summed E-state index contributed by atoms with van der Waals surface area (Å²) in [4.78, 5) is 0. The molecule has 16 heavy (non-hydrogen) atoms. The first-order valence-electron chi connectivity index (χ1n) is 6.22. The van der Waals surface area contributed by atoms with E-state index >= 15 is 0 Å². The fraction of sp³-hybridized carbons (Fsp3) is 0.692. The van der Waals surface area contributed by atoms with Gasteiger partial charge < -0.3 is 14.5 Å². The Kier molecular flexibility index (Phi) is 6.93. The van der Waals surface area contributed by atoms with Crippen LogP contribution >= 0.6 is 0 Å². The van der Waals surface area contributed by atoms with E-state index in [1.165, 1.54) is 12.8 Å². The van der Waals surface area contributed by atoms with E-state index in [9.17, 15) is 0 Å². The highest BCUT2D eigenvalue weighted by Gasteiger charge is 2.05. The highest BCUT2D eigenvalue weighted by atomic mass is 16.5. The molecule has 0 aliphatic heterocycles. The molecule has 0 bridgehead atoms. The van der Waals surface area contributed by atoms with Crippen molar-refractivity contribution in [2.45, 2.75) is 46.3 Å². The number of rotatable bonds is 9. The molecular weight excluding hydrogens is 202 g/mol. The highest BCUT2D eigenvalue weighted by Crippen LogP contribution is 2.12. The van der Waals surface area contributed by atoms with Crippen molar-refractivity contribution in [3.8, 4) is 0 Å². The summed E-state index contributed by atoms with van der Waals surface area (Å²) in [6.45, 7) is 7.55. The number of hydrogen-bond acceptors (Lipinski definition) is 3. The molecule has 92 valence electrons. The van der Waals surface area contributed by atoms with Gasteiger partial charge in [-0.3, -0.25) is 0 Å². The molecule has 1 N–H and O–H groups in total. The van der Waals surface area contributed by atoms with E-state index in [-0.39, 0.29) is 0 Å². The van der Waals surface area contributed by atoms with Gasteiger partial charge in [0.1, 0.15) is 5.76 Å². The van der Waals surface area contributed by atoms with Crippen LogP contribution in [0.1, 0.15) is 44.4 Å². The summed E-state index contributed by atoms with van der Waals surface area (Å²) in [5.41, 5.74) is 1.16. The molecule has 0 saturated heterocycles. The van der Waals surface area contributed by atoms with Gasteiger partial charge in [-0.2, -0.15) is 0 Å². The molecule has 1 heterocycles. The molecule has 0 atom stereocenters. The van der Waals surface area contributed by atoms with Gasteiger partial charge >= 0.3 is 0 Å². The summed E-state index contributed by atoms with van der Waals surface area (Å²) in [6, 6.07) is 1.99. The number of nitrogens with one attached hydrogen (secondary N) is 1. The number of furan rings is 1. The SMILES string of the molecule is CCCCCOCc1ccoc1CNCC. The Morgan fingerprint density at radius 2 is 2.19 bits per heavy atom. The van der Waals surface area contributed by atoms with Crippen LogP contribution in [0.2, 0.25) is 0 Å². The highest BCUT2D eigenvalue weighted by molar-refractivity contribution is 5.15. The average molecular weight is 225 g/mol. The minimum Gasteiger partial charge on any atom is -0.468 e. The third-order valence-electron chi connectivity index (χ3n) is 2.52. The molecule has 0 aliphatic carbocycles. The van der Waals surface area contributed by atoms with Crippen LogP contribution in [0.25, 0.3) is 0 Å². The van der Waals surface area contributed by atoms with Crippen LogP contribution < -0.4 is 5.32 Å². The van der Waals surface area contributed by atoms with Crippen molar-refractivity contribution in [2.75, 3.05) is 13.2 Å². The van der Waals surface area contributed by atoms with Crippen molar-refractivity contribution in [2.24, 2.45) is 0 Å². The van der Waals surface area contributed by atoms with E-state index in [1.54, 1.807) is 6.26 Å². The minimum absolute atomic E-state index is 0.668. The summed E-state index contributed by atoms with van der Waals surface area (Å²) >= 11 is 0. The zero-order valence-corrected chi connectivity index (χ0v) is 10.4. The van der Waals surface area contributed by atoms with Gasteiger partial charge in [0, 0.05) is 12.2 Å². The summed E-state index contributed by atoms with van der Waals surface area (Å²) < 4.78 is 11.0. The fourth-order valence-electron chi connectivity index (χ4n) is 1.53. The third-order valence-corrected chi connectivity index (χ3v) is 2.52. The number of unbranched alkanes of at least 4 members (excludes halogenated alkanes) is 2. The van der Waals surface area contributed by atoms with Crippen LogP contribution in [0.15, 0.2) is 16.7 Å². The summed E-state index contributed by atoms with van der Waals surface area (Å²) in [6.07, 6.45) is 5.37. The van der Waals surface area contributed by atoms with Gasteiger partial charge in [0.2, 0.25) is 0 Å². The van der Waals surface area contributed by atoms with Gasteiger partial charge in [0.25, 0.3) is 0 Å². The van der Waals surface area contributed by atoms with Crippen LogP contribution in [0.3, 0.4) is 0 Å². The zero-order chi connectivity index (χ0) is 11.6. The zero-order valence-electron chi connectivity index (χ0n) is 10.4. The molecule has 1 rings (SSSR count). The van der Waals surface area contributed by atoms with Gasteiger partial charge in [-0.1, -0.05) is 26.7 Å². The quantitative estimate of drug-likeness (QED) is 0.656. The Balaban J connectivity index is 2.22. The van der Waals surface area contributed by atoms with E-state index in [0.29, 0.717) is 6.61 Å². The standard InChI is InChI=1S/C13H23NO2/c1-3-5-6-8-15-11-12-7-9-16-13(12)10-14-4-2/h7,9,14H,3-6,8,10-11H2,1-2H3. The number of ether oxygens (including phenoxy) is 1. The summed E-state index contributed by atoms with van der Waals surface area (Å²) in [5, 5.41) is 3.25. The lowest BCUT2D eigenvalue weighted by Crippen LogP contribution is -2.12. The van der Waals surface area contributed by atoms with Gasteiger partial charge in [0.15, 0.2) is 0 Å². The maximum atomic E-state index is 5.61. The molecule has 0 amide bonds. The number of hydrogen-bond donors (Lipinski definition) is 1. The lowest BCUT2D eigenvalue weighted by Gasteiger charge is -2.04. The molecule has 0 fully saturated rings. The second-order valence-corrected chi connectivity index (χ2v) is 3.91. The first-order valence-corrected chi connectivity index (χ1v) is 6.22. The lowest BCUT2D eigenvalue weighted by molar-refractivity contribution is 0.116. The normalized spacial score (nSPS) is 10.9. The molecule has 0 spiro atoms. The Hall–Kier alpha value is -0.800. The van der Waals surface area contributed by atoms with Gasteiger partial charge in [-0.25, -0.2) is 0 Å². The van der Waals surface area contributed by atoms with Crippen LogP contribution in [-0.2, 0) is 17.9 Å². The first-order chi connectivity index (χ1) is 7.88. The van der Waals surface area contributed by atoms with E-state index < -0.39 is 0 Å². The smallest absolute Gasteiger partial charge is 0.123 e. The average Bonchev–Trinajstić information content (AvgIpc) is 2.74. The maximum absolute atomic E-state index is 5.61. The summed E-state index contributed by atoms with van der Waals surface area (Å²) in [7, 11) is 0. The molecule has 0 aliphatic rings. The molecule has 0 unspecified atom stereocenters. The van der Waals surface area contributed by atoms with Crippen molar-refractivity contribution in [3.63, 3.8) is 0 Å². The van der Waals surface area contributed by atoms with E-state index in [2.05, 4.69) is 19.2 Å². The van der Waals surface area contributed by atoms with Crippen molar-refractivity contribution in [3.05, 3.63) is 23.7 Å². The first kappa shape index (κ1) is 13.3. The van der Waals surface area contributed by atoms with E-state index in [1.807, 2.05) is 6.07 Å². The Bertz CT molecular complexity index is 271. The fourth-order valence-corrected chi connectivity index (χ4v) is 1.53. The van der Waals surface area contributed by atoms with Crippen LogP contribution in [0.4, 0.5) is 0 Å². The molecule has 3 nitrogen and oxygen atoms in total. The summed E-state index contributed by atoms with van der Waals surface area (Å²) in [5.74, 6) is 0.998. The van der Waals surface area contributed by atoms with Gasteiger partial charge in [-0.15, -0.1) is 0 Å². The van der Waals surface area contributed by atoms with Crippen LogP contribution in [0.5, 0.6) is 0 Å². The Labute approximate surface area is 98.2 Å². The van der Waals surface area contributed by atoms with Gasteiger partial charge in [0.05, 0.1) is 19.4 Å². The molecule has 3 heteroatoms. The predicted molar refractivity (Wildman–Crippen MR) is 65.3 cm³/mol. The second-order valence-electron chi connectivity index (χ2n) is 3.91. The lowest BCUT2D eigenvalue weighted by atomic mass is 10.2. The van der Waals surface area contributed by atoms with E-state index in [0.717, 1.165) is 37.4 Å². The van der Waals surface area contributed by atoms with Crippen molar-refractivity contribution >= 4 is 0 Å². The predicted octanol–water partition coefficient (Wildman–Crippen LogP) is 3.10. The Morgan fingerprint density at radius 1 is 1.31 bits per heavy atom. The van der Waals surface area contributed by atoms with Gasteiger partial charge in [-0.05, 0) is 19.0 Å². The molecule has 0 aromatic carbocycles. The largest absolute Gasteiger partial charge is 0.468 e. The van der Waals surface area contributed by atoms with Crippen LogP contribution in [0, 0.1) is 0 Å². The minimum atomic E-state index is 0.668. The second kappa shape index (κ2) is 8.36. The molecule has 0 radical (unpaired) electrons. The van der Waals surface area contributed by atoms with Crippen molar-refractivity contribution < 1.29 is 9.15 Å². The molecule has 0 saturated carbocycles. The maximum Gasteiger partial charge on any atom is 0.123 e. The van der Waals surface area contributed by atoms with Crippen molar-refractivity contribution in [1.29, 1.82) is 0 Å². The topological polar surface area (TPSA) is 34.4 Å².